The van der Waals surface area contributed by atoms with Gasteiger partial charge < -0.3 is 5.32 Å². The molecule has 2 heteroatoms. The maximum Gasteiger partial charge on any atom is 0.0332 e. The number of benzene rings is 1. The quantitative estimate of drug-likeness (QED) is 0.838. The van der Waals surface area contributed by atoms with Crippen LogP contribution in [-0.2, 0) is 0 Å². The minimum atomic E-state index is 0.431. The standard InChI is InChI=1S/C14H18ClN/c1-9-5-4-6-12-13(16-8-11(3)15)7-10(2)14(9)12/h4-6,10,13,16H,3,7-8H2,1-2H3. The largest absolute Gasteiger partial charge is 0.305 e. The van der Waals surface area contributed by atoms with Gasteiger partial charge in [-0.15, -0.1) is 0 Å². The van der Waals surface area contributed by atoms with Gasteiger partial charge in [-0.3, -0.25) is 0 Å². The van der Waals surface area contributed by atoms with Gasteiger partial charge in [-0.05, 0) is 36.0 Å². The molecule has 0 aromatic heterocycles. The minimum absolute atomic E-state index is 0.431. The average molecular weight is 236 g/mol. The van der Waals surface area contributed by atoms with Crippen LogP contribution in [0.4, 0.5) is 0 Å². The minimum Gasteiger partial charge on any atom is -0.305 e. The SMILES string of the molecule is C=C(Cl)CNC1CC(C)c2c(C)cccc21. The Morgan fingerprint density at radius 2 is 2.31 bits per heavy atom. The Morgan fingerprint density at radius 3 is 3.00 bits per heavy atom. The predicted molar refractivity (Wildman–Crippen MR) is 69.9 cm³/mol. The second-order valence-electron chi connectivity index (χ2n) is 4.67. The van der Waals surface area contributed by atoms with Crippen molar-refractivity contribution in [2.45, 2.75) is 32.2 Å². The van der Waals surface area contributed by atoms with Crippen LogP contribution in [0.1, 0.15) is 42.0 Å². The van der Waals surface area contributed by atoms with Gasteiger partial charge in [0.1, 0.15) is 0 Å². The molecule has 2 rings (SSSR count). The normalized spacial score (nSPS) is 23.2. The zero-order valence-electron chi connectivity index (χ0n) is 9.89. The number of aryl methyl sites for hydroxylation is 1. The Balaban J connectivity index is 2.22. The van der Waals surface area contributed by atoms with Crippen molar-refractivity contribution in [1.29, 1.82) is 0 Å². The van der Waals surface area contributed by atoms with Crippen LogP contribution in [0.5, 0.6) is 0 Å². The van der Waals surface area contributed by atoms with Crippen molar-refractivity contribution in [2.24, 2.45) is 0 Å². The number of nitrogens with one attached hydrogen (secondary N) is 1. The Bertz CT molecular complexity index is 411. The lowest BCUT2D eigenvalue weighted by molar-refractivity contribution is 0.530. The molecule has 16 heavy (non-hydrogen) atoms. The van der Waals surface area contributed by atoms with Crippen LogP contribution < -0.4 is 5.32 Å². The Kier molecular flexibility index (Phi) is 3.36. The molecule has 0 bridgehead atoms. The van der Waals surface area contributed by atoms with E-state index in [1.807, 2.05) is 0 Å². The Hall–Kier alpha value is -0.790. The van der Waals surface area contributed by atoms with Gasteiger partial charge in [0.25, 0.3) is 0 Å². The lowest BCUT2D eigenvalue weighted by atomic mass is 9.98. The van der Waals surface area contributed by atoms with Gasteiger partial charge in [0, 0.05) is 17.6 Å². The van der Waals surface area contributed by atoms with E-state index in [1.165, 1.54) is 16.7 Å². The Labute approximate surface area is 103 Å². The van der Waals surface area contributed by atoms with E-state index in [0.717, 1.165) is 6.42 Å². The Morgan fingerprint density at radius 1 is 1.56 bits per heavy atom. The van der Waals surface area contributed by atoms with Crippen LogP contribution in [0, 0.1) is 6.92 Å². The summed E-state index contributed by atoms with van der Waals surface area (Å²) >= 11 is 5.79. The van der Waals surface area contributed by atoms with Gasteiger partial charge in [-0.25, -0.2) is 0 Å². The van der Waals surface area contributed by atoms with Crippen molar-refractivity contribution in [3.05, 3.63) is 46.5 Å². The van der Waals surface area contributed by atoms with E-state index in [9.17, 15) is 0 Å². The fourth-order valence-electron chi connectivity index (χ4n) is 2.71. The molecule has 0 aliphatic heterocycles. The van der Waals surface area contributed by atoms with E-state index in [1.54, 1.807) is 0 Å². The zero-order valence-corrected chi connectivity index (χ0v) is 10.6. The van der Waals surface area contributed by atoms with Crippen molar-refractivity contribution in [2.75, 3.05) is 6.54 Å². The first-order valence-corrected chi connectivity index (χ1v) is 6.13. The van der Waals surface area contributed by atoms with Crippen molar-refractivity contribution >= 4 is 11.6 Å². The summed E-state index contributed by atoms with van der Waals surface area (Å²) in [6.07, 6.45) is 1.16. The molecule has 1 aromatic carbocycles. The van der Waals surface area contributed by atoms with Gasteiger partial charge in [-0.1, -0.05) is 43.3 Å². The third kappa shape index (κ3) is 2.16. The summed E-state index contributed by atoms with van der Waals surface area (Å²) in [5.74, 6) is 0.636. The highest BCUT2D eigenvalue weighted by Gasteiger charge is 2.28. The molecule has 1 aliphatic carbocycles. The molecule has 0 saturated heterocycles. The second kappa shape index (κ2) is 4.60. The molecule has 0 radical (unpaired) electrons. The highest BCUT2D eigenvalue weighted by molar-refractivity contribution is 6.29. The van der Waals surface area contributed by atoms with Crippen molar-refractivity contribution < 1.29 is 0 Å². The molecule has 1 N–H and O–H groups in total. The molecular formula is C14H18ClN. The number of rotatable bonds is 3. The highest BCUT2D eigenvalue weighted by atomic mass is 35.5. The first-order chi connectivity index (χ1) is 7.59. The van der Waals surface area contributed by atoms with Gasteiger partial charge in [0.2, 0.25) is 0 Å². The molecule has 0 heterocycles. The molecule has 0 saturated carbocycles. The zero-order chi connectivity index (χ0) is 11.7. The fourth-order valence-corrected chi connectivity index (χ4v) is 2.78. The lowest BCUT2D eigenvalue weighted by Crippen LogP contribution is -2.20. The van der Waals surface area contributed by atoms with Gasteiger partial charge >= 0.3 is 0 Å². The second-order valence-corrected chi connectivity index (χ2v) is 5.20. The summed E-state index contributed by atoms with van der Waals surface area (Å²) in [5, 5.41) is 4.14. The summed E-state index contributed by atoms with van der Waals surface area (Å²) in [7, 11) is 0. The van der Waals surface area contributed by atoms with Crippen LogP contribution in [-0.4, -0.2) is 6.54 Å². The van der Waals surface area contributed by atoms with Crippen molar-refractivity contribution in [3.8, 4) is 0 Å². The molecule has 1 aromatic rings. The highest BCUT2D eigenvalue weighted by Crippen LogP contribution is 2.41. The van der Waals surface area contributed by atoms with Gasteiger partial charge in [-0.2, -0.15) is 0 Å². The van der Waals surface area contributed by atoms with Crippen LogP contribution >= 0.6 is 11.6 Å². The number of hydrogen-bond acceptors (Lipinski definition) is 1. The van der Waals surface area contributed by atoms with E-state index in [0.29, 0.717) is 23.5 Å². The average Bonchev–Trinajstić information content (AvgIpc) is 2.54. The van der Waals surface area contributed by atoms with Gasteiger partial charge in [0.15, 0.2) is 0 Å². The first-order valence-electron chi connectivity index (χ1n) is 5.75. The van der Waals surface area contributed by atoms with E-state index < -0.39 is 0 Å². The number of hydrogen-bond donors (Lipinski definition) is 1. The molecule has 0 spiro atoms. The fraction of sp³-hybridized carbons (Fsp3) is 0.429. The molecule has 1 aliphatic rings. The van der Waals surface area contributed by atoms with Crippen LogP contribution in [0.2, 0.25) is 0 Å². The van der Waals surface area contributed by atoms with Crippen LogP contribution in [0.3, 0.4) is 0 Å². The van der Waals surface area contributed by atoms with Crippen LogP contribution in [0.25, 0.3) is 0 Å². The lowest BCUT2D eigenvalue weighted by Gasteiger charge is -2.13. The summed E-state index contributed by atoms with van der Waals surface area (Å²) in [5.41, 5.74) is 4.35. The summed E-state index contributed by atoms with van der Waals surface area (Å²) in [4.78, 5) is 0. The number of halogens is 1. The monoisotopic (exact) mass is 235 g/mol. The van der Waals surface area contributed by atoms with Crippen molar-refractivity contribution in [1.82, 2.24) is 5.32 Å². The molecule has 2 unspecified atom stereocenters. The third-order valence-electron chi connectivity index (χ3n) is 3.36. The van der Waals surface area contributed by atoms with E-state index in [2.05, 4.69) is 43.9 Å². The molecule has 2 atom stereocenters. The topological polar surface area (TPSA) is 12.0 Å². The number of fused-ring (bicyclic) bond motifs is 1. The van der Waals surface area contributed by atoms with Crippen molar-refractivity contribution in [3.63, 3.8) is 0 Å². The van der Waals surface area contributed by atoms with E-state index in [4.69, 9.17) is 11.6 Å². The van der Waals surface area contributed by atoms with Gasteiger partial charge in [0.05, 0.1) is 0 Å². The summed E-state index contributed by atoms with van der Waals surface area (Å²) < 4.78 is 0. The third-order valence-corrected chi connectivity index (χ3v) is 3.49. The van der Waals surface area contributed by atoms with E-state index in [-0.39, 0.29) is 0 Å². The first kappa shape index (κ1) is 11.7. The predicted octanol–water partition coefficient (Wildman–Crippen LogP) is 3.89. The molecule has 1 nitrogen and oxygen atoms in total. The molecule has 0 amide bonds. The summed E-state index contributed by atoms with van der Waals surface area (Å²) in [6.45, 7) is 8.89. The molecular weight excluding hydrogens is 218 g/mol. The molecule has 86 valence electrons. The maximum absolute atomic E-state index is 5.79. The summed E-state index contributed by atoms with van der Waals surface area (Å²) in [6, 6.07) is 6.98. The maximum atomic E-state index is 5.79. The molecule has 0 fully saturated rings. The van der Waals surface area contributed by atoms with E-state index >= 15 is 0 Å². The van der Waals surface area contributed by atoms with Crippen LogP contribution in [0.15, 0.2) is 29.8 Å². The smallest absolute Gasteiger partial charge is 0.0332 e.